The van der Waals surface area contributed by atoms with E-state index in [1.54, 1.807) is 0 Å². The summed E-state index contributed by atoms with van der Waals surface area (Å²) in [7, 11) is 0. The van der Waals surface area contributed by atoms with Crippen molar-refractivity contribution in [3.05, 3.63) is 0 Å². The molecular formula is C13H26N2O2. The molecule has 1 aliphatic rings. The van der Waals surface area contributed by atoms with E-state index >= 15 is 0 Å². The zero-order valence-electron chi connectivity index (χ0n) is 11.4. The molecule has 1 saturated heterocycles. The van der Waals surface area contributed by atoms with Crippen LogP contribution < -0.4 is 0 Å². The Bertz CT molecular complexity index is 250. The first-order valence-electron chi connectivity index (χ1n) is 6.70. The summed E-state index contributed by atoms with van der Waals surface area (Å²) in [5, 5.41) is 9.36. The van der Waals surface area contributed by atoms with E-state index in [-0.39, 0.29) is 0 Å². The molecule has 1 fully saturated rings. The number of carboxylic acid groups (broad SMARTS) is 1. The van der Waals surface area contributed by atoms with Crippen LogP contribution >= 0.6 is 0 Å². The molecule has 0 bridgehead atoms. The molecule has 1 atom stereocenters. The molecule has 100 valence electrons. The highest BCUT2D eigenvalue weighted by Gasteiger charge is 2.34. The lowest BCUT2D eigenvalue weighted by Gasteiger charge is -2.38. The summed E-state index contributed by atoms with van der Waals surface area (Å²) in [5.74, 6) is -0.655. The molecule has 1 N–H and O–H groups in total. The number of carboxylic acids is 1. The summed E-state index contributed by atoms with van der Waals surface area (Å²) in [6.07, 6.45) is 1.69. The minimum atomic E-state index is -0.655. The van der Waals surface area contributed by atoms with E-state index in [1.807, 2.05) is 6.92 Å². The van der Waals surface area contributed by atoms with Crippen molar-refractivity contribution in [3.63, 3.8) is 0 Å². The van der Waals surface area contributed by atoms with Gasteiger partial charge in [-0.1, -0.05) is 20.3 Å². The SMILES string of the molecule is CCCC(C)(CN1CCN(CC)CC1)C(=O)O. The monoisotopic (exact) mass is 242 g/mol. The summed E-state index contributed by atoms with van der Waals surface area (Å²) in [4.78, 5) is 16.1. The van der Waals surface area contributed by atoms with Gasteiger partial charge in [0, 0.05) is 32.7 Å². The quantitative estimate of drug-likeness (QED) is 0.767. The van der Waals surface area contributed by atoms with Gasteiger partial charge in [0.25, 0.3) is 0 Å². The first-order valence-corrected chi connectivity index (χ1v) is 6.70. The Kier molecular flexibility index (Phi) is 5.40. The largest absolute Gasteiger partial charge is 0.481 e. The molecule has 0 saturated carbocycles. The molecule has 1 rings (SSSR count). The molecule has 0 aromatic carbocycles. The average molecular weight is 242 g/mol. The fraction of sp³-hybridized carbons (Fsp3) is 0.923. The highest BCUT2D eigenvalue weighted by atomic mass is 16.4. The molecule has 17 heavy (non-hydrogen) atoms. The van der Waals surface area contributed by atoms with Gasteiger partial charge in [0.15, 0.2) is 0 Å². The van der Waals surface area contributed by atoms with E-state index in [9.17, 15) is 9.90 Å². The van der Waals surface area contributed by atoms with E-state index in [4.69, 9.17) is 0 Å². The molecule has 1 aliphatic heterocycles. The summed E-state index contributed by atoms with van der Waals surface area (Å²) in [5.41, 5.74) is -0.580. The van der Waals surface area contributed by atoms with E-state index in [1.165, 1.54) is 0 Å². The number of hydrogen-bond acceptors (Lipinski definition) is 3. The molecule has 4 heteroatoms. The summed E-state index contributed by atoms with van der Waals surface area (Å²) in [6.45, 7) is 12.0. The molecule has 4 nitrogen and oxygen atoms in total. The van der Waals surface area contributed by atoms with E-state index in [2.05, 4.69) is 23.6 Å². The van der Waals surface area contributed by atoms with Gasteiger partial charge < -0.3 is 10.0 Å². The molecule has 0 aromatic heterocycles. The van der Waals surface area contributed by atoms with Gasteiger partial charge >= 0.3 is 5.97 Å². The number of carbonyl (C=O) groups is 1. The summed E-state index contributed by atoms with van der Waals surface area (Å²) < 4.78 is 0. The van der Waals surface area contributed by atoms with Crippen LogP contribution in [0.2, 0.25) is 0 Å². The zero-order valence-corrected chi connectivity index (χ0v) is 11.4. The van der Waals surface area contributed by atoms with Gasteiger partial charge in [-0.15, -0.1) is 0 Å². The van der Waals surface area contributed by atoms with Crippen LogP contribution in [-0.4, -0.2) is 60.1 Å². The first-order chi connectivity index (χ1) is 8.01. The van der Waals surface area contributed by atoms with Crippen molar-refractivity contribution in [3.8, 4) is 0 Å². The Labute approximate surface area is 105 Å². The highest BCUT2D eigenvalue weighted by molar-refractivity contribution is 5.74. The van der Waals surface area contributed by atoms with Gasteiger partial charge in [-0.2, -0.15) is 0 Å². The fourth-order valence-corrected chi connectivity index (χ4v) is 2.56. The smallest absolute Gasteiger partial charge is 0.310 e. The molecular weight excluding hydrogens is 216 g/mol. The van der Waals surface area contributed by atoms with Gasteiger partial charge in [0.1, 0.15) is 0 Å². The van der Waals surface area contributed by atoms with Crippen molar-refractivity contribution in [2.24, 2.45) is 5.41 Å². The van der Waals surface area contributed by atoms with Crippen LogP contribution in [-0.2, 0) is 4.79 Å². The predicted octanol–water partition coefficient (Wildman–Crippen LogP) is 1.51. The van der Waals surface area contributed by atoms with E-state index in [0.717, 1.165) is 45.6 Å². The van der Waals surface area contributed by atoms with Crippen molar-refractivity contribution in [2.75, 3.05) is 39.3 Å². The second-order valence-corrected chi connectivity index (χ2v) is 5.33. The zero-order chi connectivity index (χ0) is 12.9. The Balaban J connectivity index is 2.49. The molecule has 1 unspecified atom stereocenters. The van der Waals surface area contributed by atoms with Gasteiger partial charge in [0.2, 0.25) is 0 Å². The molecule has 0 aromatic rings. The normalized spacial score (nSPS) is 22.3. The van der Waals surface area contributed by atoms with Crippen molar-refractivity contribution >= 4 is 5.97 Å². The third-order valence-corrected chi connectivity index (χ3v) is 3.80. The molecule has 1 heterocycles. The van der Waals surface area contributed by atoms with Crippen LogP contribution in [0.5, 0.6) is 0 Å². The number of nitrogens with zero attached hydrogens (tertiary/aromatic N) is 2. The maximum Gasteiger partial charge on any atom is 0.310 e. The maximum absolute atomic E-state index is 11.4. The Morgan fingerprint density at radius 3 is 2.12 bits per heavy atom. The van der Waals surface area contributed by atoms with Crippen LogP contribution in [0, 0.1) is 5.41 Å². The van der Waals surface area contributed by atoms with E-state index < -0.39 is 11.4 Å². The first kappa shape index (κ1) is 14.5. The minimum Gasteiger partial charge on any atom is -0.481 e. The lowest BCUT2D eigenvalue weighted by molar-refractivity contribution is -0.149. The van der Waals surface area contributed by atoms with Crippen molar-refractivity contribution < 1.29 is 9.90 Å². The van der Waals surface area contributed by atoms with Gasteiger partial charge in [-0.25, -0.2) is 0 Å². The van der Waals surface area contributed by atoms with Crippen LogP contribution in [0.15, 0.2) is 0 Å². The topological polar surface area (TPSA) is 43.8 Å². The second kappa shape index (κ2) is 6.36. The molecule has 0 amide bonds. The van der Waals surface area contributed by atoms with Gasteiger partial charge in [0.05, 0.1) is 5.41 Å². The number of hydrogen-bond donors (Lipinski definition) is 1. The predicted molar refractivity (Wildman–Crippen MR) is 69.2 cm³/mol. The average Bonchev–Trinajstić information content (AvgIpc) is 2.30. The number of likely N-dealkylation sites (N-methyl/N-ethyl adjacent to an activating group) is 1. The highest BCUT2D eigenvalue weighted by Crippen LogP contribution is 2.25. The standard InChI is InChI=1S/C13H26N2O2/c1-4-6-13(3,12(16)17)11-15-9-7-14(5-2)8-10-15/h4-11H2,1-3H3,(H,16,17). The van der Waals surface area contributed by atoms with Crippen molar-refractivity contribution in [2.45, 2.75) is 33.6 Å². The van der Waals surface area contributed by atoms with E-state index in [0.29, 0.717) is 6.54 Å². The Morgan fingerprint density at radius 2 is 1.71 bits per heavy atom. The van der Waals surface area contributed by atoms with Gasteiger partial charge in [-0.05, 0) is 19.9 Å². The van der Waals surface area contributed by atoms with Crippen LogP contribution in [0.1, 0.15) is 33.6 Å². The molecule has 0 radical (unpaired) electrons. The maximum atomic E-state index is 11.4. The number of rotatable bonds is 6. The third-order valence-electron chi connectivity index (χ3n) is 3.80. The number of aliphatic carboxylic acids is 1. The fourth-order valence-electron chi connectivity index (χ4n) is 2.56. The van der Waals surface area contributed by atoms with Crippen LogP contribution in [0.25, 0.3) is 0 Å². The molecule has 0 spiro atoms. The summed E-state index contributed by atoms with van der Waals surface area (Å²) >= 11 is 0. The lowest BCUT2D eigenvalue weighted by Crippen LogP contribution is -2.50. The van der Waals surface area contributed by atoms with Gasteiger partial charge in [-0.3, -0.25) is 9.69 Å². The Morgan fingerprint density at radius 1 is 1.18 bits per heavy atom. The van der Waals surface area contributed by atoms with Crippen molar-refractivity contribution in [1.29, 1.82) is 0 Å². The van der Waals surface area contributed by atoms with Crippen LogP contribution in [0.4, 0.5) is 0 Å². The Hall–Kier alpha value is -0.610. The molecule has 0 aliphatic carbocycles. The van der Waals surface area contributed by atoms with Crippen LogP contribution in [0.3, 0.4) is 0 Å². The number of piperazine rings is 1. The lowest BCUT2D eigenvalue weighted by atomic mass is 9.85. The summed E-state index contributed by atoms with van der Waals surface area (Å²) in [6, 6.07) is 0. The van der Waals surface area contributed by atoms with Crippen molar-refractivity contribution in [1.82, 2.24) is 9.80 Å². The minimum absolute atomic E-state index is 0.580. The third kappa shape index (κ3) is 3.96. The second-order valence-electron chi connectivity index (χ2n) is 5.33.